The first-order chi connectivity index (χ1) is 11.9. The first-order valence-corrected chi connectivity index (χ1v) is 8.74. The Kier molecular flexibility index (Phi) is 5.34. The second kappa shape index (κ2) is 7.33. The standard InChI is InChI=1S/C18H25F2N3O2/c1-13-3-4-16(21-10-13)17(24)22-7-5-14(6-8-22)23-12-18(19,20)9-15(23)11-25-2/h3-4,10,14-15H,5-9,11-12H2,1-2H3/t15-/m0/s1. The van der Waals surface area contributed by atoms with Gasteiger partial charge in [-0.05, 0) is 31.4 Å². The van der Waals surface area contributed by atoms with Gasteiger partial charge in [-0.25, -0.2) is 8.78 Å². The zero-order valence-corrected chi connectivity index (χ0v) is 14.8. The van der Waals surface area contributed by atoms with Crippen molar-refractivity contribution in [3.8, 4) is 0 Å². The molecule has 2 saturated heterocycles. The van der Waals surface area contributed by atoms with Crippen LogP contribution in [-0.2, 0) is 4.74 Å². The van der Waals surface area contributed by atoms with Crippen LogP contribution in [0.15, 0.2) is 18.3 Å². The number of halogens is 2. The molecule has 3 rings (SSSR count). The van der Waals surface area contributed by atoms with Gasteiger partial charge in [-0.1, -0.05) is 6.07 Å². The molecular formula is C18H25F2N3O2. The SMILES string of the molecule is COC[C@@H]1CC(F)(F)CN1C1CCN(C(=O)c2ccc(C)cn2)CC1. The number of methoxy groups -OCH3 is 1. The third kappa shape index (κ3) is 4.15. The van der Waals surface area contributed by atoms with E-state index in [-0.39, 0.29) is 31.0 Å². The second-order valence-corrected chi connectivity index (χ2v) is 7.09. The predicted molar refractivity (Wildman–Crippen MR) is 89.8 cm³/mol. The van der Waals surface area contributed by atoms with Crippen molar-refractivity contribution < 1.29 is 18.3 Å². The monoisotopic (exact) mass is 353 g/mol. The van der Waals surface area contributed by atoms with E-state index in [1.807, 2.05) is 17.9 Å². The molecular weight excluding hydrogens is 328 g/mol. The number of alkyl halides is 2. The van der Waals surface area contributed by atoms with Crippen LogP contribution in [0.3, 0.4) is 0 Å². The molecule has 0 saturated carbocycles. The highest BCUT2D eigenvalue weighted by molar-refractivity contribution is 5.92. The van der Waals surface area contributed by atoms with E-state index in [0.717, 1.165) is 5.56 Å². The van der Waals surface area contributed by atoms with E-state index in [0.29, 0.717) is 38.2 Å². The van der Waals surface area contributed by atoms with Gasteiger partial charge in [-0.15, -0.1) is 0 Å². The largest absolute Gasteiger partial charge is 0.383 e. The minimum absolute atomic E-state index is 0.0727. The van der Waals surface area contributed by atoms with E-state index in [9.17, 15) is 13.6 Å². The van der Waals surface area contributed by atoms with Crippen molar-refractivity contribution in [3.63, 3.8) is 0 Å². The second-order valence-electron chi connectivity index (χ2n) is 7.09. The van der Waals surface area contributed by atoms with Gasteiger partial charge in [0.05, 0.1) is 13.2 Å². The summed E-state index contributed by atoms with van der Waals surface area (Å²) >= 11 is 0. The first-order valence-electron chi connectivity index (χ1n) is 8.74. The van der Waals surface area contributed by atoms with Crippen LogP contribution >= 0.6 is 0 Å². The zero-order valence-electron chi connectivity index (χ0n) is 14.8. The molecule has 3 heterocycles. The van der Waals surface area contributed by atoms with Gasteiger partial charge in [0.2, 0.25) is 0 Å². The number of aryl methyl sites for hydroxylation is 1. The van der Waals surface area contributed by atoms with Gasteiger partial charge in [0.1, 0.15) is 5.69 Å². The van der Waals surface area contributed by atoms with Crippen LogP contribution in [0.1, 0.15) is 35.3 Å². The molecule has 0 spiro atoms. The van der Waals surface area contributed by atoms with Crippen LogP contribution in [0.4, 0.5) is 8.78 Å². The number of rotatable bonds is 4. The van der Waals surface area contributed by atoms with Gasteiger partial charge in [0.15, 0.2) is 0 Å². The first kappa shape index (κ1) is 18.2. The summed E-state index contributed by atoms with van der Waals surface area (Å²) in [7, 11) is 1.55. The average molecular weight is 353 g/mol. The van der Waals surface area contributed by atoms with Crippen molar-refractivity contribution >= 4 is 5.91 Å². The number of carbonyl (C=O) groups is 1. The van der Waals surface area contributed by atoms with Crippen molar-refractivity contribution in [1.29, 1.82) is 0 Å². The minimum atomic E-state index is -2.65. The summed E-state index contributed by atoms with van der Waals surface area (Å²) in [4.78, 5) is 20.4. The number of aromatic nitrogens is 1. The number of pyridine rings is 1. The van der Waals surface area contributed by atoms with E-state index in [2.05, 4.69) is 4.98 Å². The predicted octanol–water partition coefficient (Wildman–Crippen LogP) is 2.35. The van der Waals surface area contributed by atoms with Gasteiger partial charge in [0, 0.05) is 44.9 Å². The molecule has 5 nitrogen and oxygen atoms in total. The summed E-state index contributed by atoms with van der Waals surface area (Å²) in [5.74, 6) is -2.74. The fourth-order valence-corrected chi connectivity index (χ4v) is 3.85. The molecule has 0 unspecified atom stereocenters. The lowest BCUT2D eigenvalue weighted by Crippen LogP contribution is -2.49. The van der Waals surface area contributed by atoms with Crippen LogP contribution in [0.25, 0.3) is 0 Å². The Morgan fingerprint density at radius 1 is 1.36 bits per heavy atom. The molecule has 0 radical (unpaired) electrons. The van der Waals surface area contributed by atoms with Gasteiger partial charge in [0.25, 0.3) is 11.8 Å². The lowest BCUT2D eigenvalue weighted by Gasteiger charge is -2.38. The maximum atomic E-state index is 13.8. The van der Waals surface area contributed by atoms with E-state index in [4.69, 9.17) is 4.74 Å². The van der Waals surface area contributed by atoms with Crippen LogP contribution in [0.5, 0.6) is 0 Å². The molecule has 0 aliphatic carbocycles. The Morgan fingerprint density at radius 2 is 2.08 bits per heavy atom. The summed E-state index contributed by atoms with van der Waals surface area (Å²) in [5.41, 5.74) is 1.45. The molecule has 0 N–H and O–H groups in total. The van der Waals surface area contributed by atoms with Gasteiger partial charge >= 0.3 is 0 Å². The van der Waals surface area contributed by atoms with Crippen molar-refractivity contribution in [2.45, 2.75) is 44.2 Å². The van der Waals surface area contributed by atoms with Crippen molar-refractivity contribution in [2.75, 3.05) is 33.4 Å². The molecule has 138 valence electrons. The lowest BCUT2D eigenvalue weighted by atomic mass is 10.0. The van der Waals surface area contributed by atoms with E-state index < -0.39 is 5.92 Å². The van der Waals surface area contributed by atoms with Gasteiger partial charge < -0.3 is 9.64 Å². The molecule has 2 aliphatic rings. The Hall–Kier alpha value is -1.60. The summed E-state index contributed by atoms with van der Waals surface area (Å²) in [6, 6.07) is 3.43. The number of carbonyl (C=O) groups excluding carboxylic acids is 1. The molecule has 25 heavy (non-hydrogen) atoms. The minimum Gasteiger partial charge on any atom is -0.383 e. The fourth-order valence-electron chi connectivity index (χ4n) is 3.85. The number of hydrogen-bond acceptors (Lipinski definition) is 4. The Balaban J connectivity index is 1.59. The third-order valence-corrected chi connectivity index (χ3v) is 5.13. The van der Waals surface area contributed by atoms with Gasteiger partial charge in [-0.2, -0.15) is 0 Å². The molecule has 1 aromatic rings. The number of hydrogen-bond donors (Lipinski definition) is 0. The highest BCUT2D eigenvalue weighted by Gasteiger charge is 2.47. The number of likely N-dealkylation sites (tertiary alicyclic amines) is 2. The highest BCUT2D eigenvalue weighted by atomic mass is 19.3. The number of amides is 1. The van der Waals surface area contributed by atoms with Gasteiger partial charge in [-0.3, -0.25) is 14.7 Å². The number of ether oxygens (including phenoxy) is 1. The quantitative estimate of drug-likeness (QED) is 0.834. The van der Waals surface area contributed by atoms with Crippen LogP contribution in [-0.4, -0.2) is 72.0 Å². The Bertz CT molecular complexity index is 601. The van der Waals surface area contributed by atoms with Crippen LogP contribution in [0, 0.1) is 6.92 Å². The van der Waals surface area contributed by atoms with E-state index in [1.165, 1.54) is 0 Å². The molecule has 0 aromatic carbocycles. The van der Waals surface area contributed by atoms with E-state index >= 15 is 0 Å². The maximum Gasteiger partial charge on any atom is 0.272 e. The third-order valence-electron chi connectivity index (χ3n) is 5.13. The van der Waals surface area contributed by atoms with Crippen molar-refractivity contribution in [1.82, 2.24) is 14.8 Å². The topological polar surface area (TPSA) is 45.7 Å². The Labute approximate surface area is 147 Å². The molecule has 7 heteroatoms. The zero-order chi connectivity index (χ0) is 18.0. The summed E-state index contributed by atoms with van der Waals surface area (Å²) < 4.78 is 32.7. The smallest absolute Gasteiger partial charge is 0.272 e. The fraction of sp³-hybridized carbons (Fsp3) is 0.667. The summed E-state index contributed by atoms with van der Waals surface area (Å²) in [6.45, 7) is 3.18. The van der Waals surface area contributed by atoms with Crippen molar-refractivity contribution in [3.05, 3.63) is 29.6 Å². The van der Waals surface area contributed by atoms with E-state index in [1.54, 1.807) is 24.3 Å². The average Bonchev–Trinajstić information content (AvgIpc) is 2.90. The molecule has 0 bridgehead atoms. The van der Waals surface area contributed by atoms with Crippen molar-refractivity contribution in [2.24, 2.45) is 0 Å². The molecule has 2 fully saturated rings. The normalized spacial score (nSPS) is 24.6. The van der Waals surface area contributed by atoms with Crippen LogP contribution < -0.4 is 0 Å². The van der Waals surface area contributed by atoms with Crippen LogP contribution in [0.2, 0.25) is 0 Å². The molecule has 2 aliphatic heterocycles. The summed E-state index contributed by atoms with van der Waals surface area (Å²) in [5, 5.41) is 0. The highest BCUT2D eigenvalue weighted by Crippen LogP contribution is 2.35. The summed E-state index contributed by atoms with van der Waals surface area (Å²) in [6.07, 6.45) is 2.94. The number of piperidine rings is 1. The molecule has 1 aromatic heterocycles. The lowest BCUT2D eigenvalue weighted by molar-refractivity contribution is 0.00283. The molecule has 1 atom stereocenters. The molecule has 1 amide bonds. The Morgan fingerprint density at radius 3 is 2.68 bits per heavy atom. The number of nitrogens with zero attached hydrogens (tertiary/aromatic N) is 3. The maximum absolute atomic E-state index is 13.8.